The normalized spacial score (nSPS) is 27.5. The third-order valence-electron chi connectivity index (χ3n) is 5.14. The molecule has 1 saturated carbocycles. The molecular weight excluding hydrogens is 232 g/mol. The molecule has 2 unspecified atom stereocenters. The molecule has 2 fully saturated rings. The van der Waals surface area contributed by atoms with Crippen LogP contribution < -0.4 is 5.73 Å². The van der Waals surface area contributed by atoms with Gasteiger partial charge >= 0.3 is 0 Å². The molecule has 2 heteroatoms. The van der Waals surface area contributed by atoms with Crippen LogP contribution in [-0.2, 0) is 13.1 Å². The van der Waals surface area contributed by atoms with Crippen molar-refractivity contribution in [3.8, 4) is 0 Å². The minimum absolute atomic E-state index is 0.648. The number of nitrogens with zero attached hydrogens (tertiary/aromatic N) is 1. The second kappa shape index (κ2) is 5.64. The molecule has 0 aromatic heterocycles. The highest BCUT2D eigenvalue weighted by molar-refractivity contribution is 5.31. The van der Waals surface area contributed by atoms with Gasteiger partial charge in [-0.05, 0) is 55.3 Å². The van der Waals surface area contributed by atoms with Gasteiger partial charge in [-0.3, -0.25) is 4.90 Å². The van der Waals surface area contributed by atoms with Crippen LogP contribution in [0.15, 0.2) is 18.2 Å². The van der Waals surface area contributed by atoms with Crippen molar-refractivity contribution < 1.29 is 0 Å². The molecule has 0 spiro atoms. The van der Waals surface area contributed by atoms with Gasteiger partial charge in [0.25, 0.3) is 0 Å². The summed E-state index contributed by atoms with van der Waals surface area (Å²) >= 11 is 0. The Balaban J connectivity index is 1.71. The summed E-state index contributed by atoms with van der Waals surface area (Å²) in [6.45, 7) is 5.31. The van der Waals surface area contributed by atoms with E-state index < -0.39 is 0 Å². The first-order valence-corrected chi connectivity index (χ1v) is 7.80. The third-order valence-corrected chi connectivity index (χ3v) is 5.14. The van der Waals surface area contributed by atoms with Crippen LogP contribution in [0.1, 0.15) is 48.8 Å². The summed E-state index contributed by atoms with van der Waals surface area (Å²) in [5.41, 5.74) is 9.85. The fourth-order valence-electron chi connectivity index (χ4n) is 3.98. The van der Waals surface area contributed by atoms with Gasteiger partial charge < -0.3 is 5.73 Å². The second-order valence-corrected chi connectivity index (χ2v) is 6.34. The zero-order valence-electron chi connectivity index (χ0n) is 12.1. The average Bonchev–Trinajstić information content (AvgIpc) is 2.84. The number of fused-ring (bicyclic) bond motifs is 1. The lowest BCUT2D eigenvalue weighted by molar-refractivity contribution is 0.175. The van der Waals surface area contributed by atoms with Crippen molar-refractivity contribution in [3.05, 3.63) is 34.9 Å². The van der Waals surface area contributed by atoms with Gasteiger partial charge in [0.15, 0.2) is 0 Å². The Bertz CT molecular complexity index is 441. The van der Waals surface area contributed by atoms with Gasteiger partial charge in [0, 0.05) is 19.1 Å². The molecule has 1 aromatic rings. The van der Waals surface area contributed by atoms with Crippen molar-refractivity contribution in [2.75, 3.05) is 6.54 Å². The first kappa shape index (κ1) is 13.1. The average molecular weight is 258 g/mol. The second-order valence-electron chi connectivity index (χ2n) is 6.34. The minimum atomic E-state index is 0.648. The lowest BCUT2D eigenvalue weighted by atomic mass is 9.85. The molecule has 2 aliphatic rings. The number of hydrogen-bond donors (Lipinski definition) is 1. The number of rotatable bonds is 3. The number of likely N-dealkylation sites (tertiary alicyclic amines) is 1. The summed E-state index contributed by atoms with van der Waals surface area (Å²) in [6.07, 6.45) is 7.20. The number of hydrogen-bond acceptors (Lipinski definition) is 2. The largest absolute Gasteiger partial charge is 0.326 e. The standard InChI is InChI=1S/C17H26N2/c1-13-10-14(11-18)6-7-16(13)12-19-9-8-15-4-2-3-5-17(15)19/h6-7,10,15,17H,2-5,8-9,11-12,18H2,1H3. The summed E-state index contributed by atoms with van der Waals surface area (Å²) in [7, 11) is 0. The first-order valence-electron chi connectivity index (χ1n) is 7.80. The monoisotopic (exact) mass is 258 g/mol. The predicted octanol–water partition coefficient (Wildman–Crippen LogP) is 3.22. The fourth-order valence-corrected chi connectivity index (χ4v) is 3.98. The molecule has 1 heterocycles. The van der Waals surface area contributed by atoms with Crippen LogP contribution in [0.4, 0.5) is 0 Å². The van der Waals surface area contributed by atoms with Crippen LogP contribution in [0.5, 0.6) is 0 Å². The van der Waals surface area contributed by atoms with E-state index in [2.05, 4.69) is 30.0 Å². The Morgan fingerprint density at radius 1 is 1.21 bits per heavy atom. The van der Waals surface area contributed by atoms with E-state index in [0.29, 0.717) is 6.54 Å². The van der Waals surface area contributed by atoms with Crippen LogP contribution in [-0.4, -0.2) is 17.5 Å². The summed E-state index contributed by atoms with van der Waals surface area (Å²) in [5, 5.41) is 0. The molecule has 1 aliphatic heterocycles. The third kappa shape index (κ3) is 2.70. The molecule has 0 radical (unpaired) electrons. The molecule has 1 aromatic carbocycles. The molecule has 3 rings (SSSR count). The maximum absolute atomic E-state index is 5.71. The van der Waals surface area contributed by atoms with Crippen LogP contribution in [0, 0.1) is 12.8 Å². The van der Waals surface area contributed by atoms with Gasteiger partial charge in [-0.2, -0.15) is 0 Å². The molecule has 0 bridgehead atoms. The van der Waals surface area contributed by atoms with Gasteiger partial charge in [0.1, 0.15) is 0 Å². The van der Waals surface area contributed by atoms with E-state index in [-0.39, 0.29) is 0 Å². The van der Waals surface area contributed by atoms with E-state index in [4.69, 9.17) is 5.73 Å². The highest BCUT2D eigenvalue weighted by atomic mass is 15.2. The fraction of sp³-hybridized carbons (Fsp3) is 0.647. The number of benzene rings is 1. The zero-order valence-corrected chi connectivity index (χ0v) is 12.1. The Kier molecular flexibility index (Phi) is 3.90. The van der Waals surface area contributed by atoms with E-state index in [9.17, 15) is 0 Å². The van der Waals surface area contributed by atoms with E-state index >= 15 is 0 Å². The Morgan fingerprint density at radius 2 is 2.05 bits per heavy atom. The number of nitrogens with two attached hydrogens (primary N) is 1. The lowest BCUT2D eigenvalue weighted by Crippen LogP contribution is -2.34. The van der Waals surface area contributed by atoms with Crippen molar-refractivity contribution in [1.29, 1.82) is 0 Å². The molecule has 1 saturated heterocycles. The Morgan fingerprint density at radius 3 is 2.84 bits per heavy atom. The van der Waals surface area contributed by atoms with Crippen LogP contribution in [0.3, 0.4) is 0 Å². The summed E-state index contributed by atoms with van der Waals surface area (Å²) < 4.78 is 0. The van der Waals surface area contributed by atoms with Crippen molar-refractivity contribution in [2.24, 2.45) is 11.7 Å². The van der Waals surface area contributed by atoms with Gasteiger partial charge in [-0.1, -0.05) is 31.0 Å². The van der Waals surface area contributed by atoms with Gasteiger partial charge in [-0.25, -0.2) is 0 Å². The van der Waals surface area contributed by atoms with Gasteiger partial charge in [0.05, 0.1) is 0 Å². The molecular formula is C17H26N2. The lowest BCUT2D eigenvalue weighted by Gasteiger charge is -2.32. The minimum Gasteiger partial charge on any atom is -0.326 e. The highest BCUT2D eigenvalue weighted by Crippen LogP contribution is 2.37. The van der Waals surface area contributed by atoms with E-state index in [1.165, 1.54) is 55.3 Å². The molecule has 104 valence electrons. The first-order chi connectivity index (χ1) is 9.28. The van der Waals surface area contributed by atoms with E-state index in [1.807, 2.05) is 0 Å². The maximum Gasteiger partial charge on any atom is 0.0239 e. The van der Waals surface area contributed by atoms with Crippen molar-refractivity contribution in [3.63, 3.8) is 0 Å². The smallest absolute Gasteiger partial charge is 0.0239 e. The molecule has 19 heavy (non-hydrogen) atoms. The van der Waals surface area contributed by atoms with Crippen molar-refractivity contribution >= 4 is 0 Å². The molecule has 2 N–H and O–H groups in total. The summed E-state index contributed by atoms with van der Waals surface area (Å²) in [6, 6.07) is 7.59. The van der Waals surface area contributed by atoms with Crippen LogP contribution >= 0.6 is 0 Å². The van der Waals surface area contributed by atoms with Gasteiger partial charge in [-0.15, -0.1) is 0 Å². The summed E-state index contributed by atoms with van der Waals surface area (Å²) in [4.78, 5) is 2.73. The SMILES string of the molecule is Cc1cc(CN)ccc1CN1CCC2CCCCC21. The van der Waals surface area contributed by atoms with E-state index in [0.717, 1.165) is 18.5 Å². The zero-order chi connectivity index (χ0) is 13.2. The molecule has 2 atom stereocenters. The van der Waals surface area contributed by atoms with Crippen molar-refractivity contribution in [1.82, 2.24) is 4.90 Å². The Hall–Kier alpha value is -0.860. The van der Waals surface area contributed by atoms with Crippen LogP contribution in [0.25, 0.3) is 0 Å². The van der Waals surface area contributed by atoms with Gasteiger partial charge in [0.2, 0.25) is 0 Å². The summed E-state index contributed by atoms with van der Waals surface area (Å²) in [5.74, 6) is 0.984. The Labute approximate surface area is 117 Å². The molecule has 2 nitrogen and oxygen atoms in total. The van der Waals surface area contributed by atoms with Crippen LogP contribution in [0.2, 0.25) is 0 Å². The predicted molar refractivity (Wildman–Crippen MR) is 79.8 cm³/mol. The topological polar surface area (TPSA) is 29.3 Å². The van der Waals surface area contributed by atoms with Crippen molar-refractivity contribution in [2.45, 2.75) is 58.2 Å². The molecule has 1 aliphatic carbocycles. The highest BCUT2D eigenvalue weighted by Gasteiger charge is 2.35. The molecule has 0 amide bonds. The quantitative estimate of drug-likeness (QED) is 0.902. The maximum atomic E-state index is 5.71. The number of aryl methyl sites for hydroxylation is 1. The van der Waals surface area contributed by atoms with E-state index in [1.54, 1.807) is 0 Å².